The van der Waals surface area contributed by atoms with Crippen molar-refractivity contribution in [2.75, 3.05) is 0 Å². The molecule has 0 spiro atoms. The minimum Gasteiger partial charge on any atom is -0.218 e. The third-order valence-electron chi connectivity index (χ3n) is 2.35. The Labute approximate surface area is 94.8 Å². The van der Waals surface area contributed by atoms with Crippen LogP contribution in [0.4, 0.5) is 0 Å². The number of aromatic nitrogens is 1. The second kappa shape index (κ2) is 3.78. The molecular weight excluding hydrogens is 202 g/mol. The van der Waals surface area contributed by atoms with Gasteiger partial charge in [-0.15, -0.1) is 11.3 Å². The third-order valence-corrected chi connectivity index (χ3v) is 3.91. The largest absolute Gasteiger partial charge is 0.218 e. The molecule has 0 unspecified atom stereocenters. The minimum atomic E-state index is 0.254. The molecule has 0 radical (unpaired) electrons. The maximum absolute atomic E-state index is 3.04. The molecule has 1 N–H and O–H groups in total. The summed E-state index contributed by atoms with van der Waals surface area (Å²) in [5, 5.41) is 0. The van der Waals surface area contributed by atoms with Crippen LogP contribution in [0.2, 0.25) is 0 Å². The first-order chi connectivity index (χ1) is 7.07. The Kier molecular flexibility index (Phi) is 2.61. The Morgan fingerprint density at radius 1 is 1.00 bits per heavy atom. The van der Waals surface area contributed by atoms with Crippen LogP contribution in [0.3, 0.4) is 0 Å². The molecule has 0 atom stereocenters. The summed E-state index contributed by atoms with van der Waals surface area (Å²) < 4.78 is 0. The highest BCUT2D eigenvalue weighted by Gasteiger charge is 2.16. The summed E-state index contributed by atoms with van der Waals surface area (Å²) in [6.07, 6.45) is 3.93. The van der Waals surface area contributed by atoms with Crippen LogP contribution in [-0.2, 0) is 5.41 Å². The molecule has 0 aliphatic rings. The molecule has 15 heavy (non-hydrogen) atoms. The summed E-state index contributed by atoms with van der Waals surface area (Å²) in [6.45, 7) is 6.75. The van der Waals surface area contributed by atoms with Crippen molar-refractivity contribution in [1.82, 2.24) is 0 Å². The molecule has 0 aliphatic heterocycles. The molecule has 2 aromatic rings. The summed E-state index contributed by atoms with van der Waals surface area (Å²) in [5.41, 5.74) is 1.54. The molecule has 0 fully saturated rings. The van der Waals surface area contributed by atoms with Crippen LogP contribution in [0.15, 0.2) is 36.7 Å². The number of hydrogen-bond acceptors (Lipinski definition) is 1. The maximum atomic E-state index is 3.04. The van der Waals surface area contributed by atoms with E-state index in [0.717, 1.165) is 0 Å². The van der Waals surface area contributed by atoms with Crippen molar-refractivity contribution < 1.29 is 4.98 Å². The van der Waals surface area contributed by atoms with Gasteiger partial charge in [-0.1, -0.05) is 20.8 Å². The van der Waals surface area contributed by atoms with Crippen LogP contribution in [0, 0.1) is 0 Å². The minimum absolute atomic E-state index is 0.254. The molecule has 0 saturated carbocycles. The summed E-state index contributed by atoms with van der Waals surface area (Å²) in [5.74, 6) is 0. The molecule has 0 amide bonds. The lowest BCUT2D eigenvalue weighted by Crippen LogP contribution is -2.07. The molecule has 1 nitrogen and oxygen atoms in total. The van der Waals surface area contributed by atoms with Crippen LogP contribution in [0.1, 0.15) is 25.6 Å². The number of H-pyrrole nitrogens is 1. The predicted molar refractivity (Wildman–Crippen MR) is 65.0 cm³/mol. The van der Waals surface area contributed by atoms with Gasteiger partial charge in [0, 0.05) is 27.5 Å². The van der Waals surface area contributed by atoms with Gasteiger partial charge in [0.05, 0.1) is 0 Å². The number of rotatable bonds is 1. The van der Waals surface area contributed by atoms with E-state index in [2.05, 4.69) is 50.0 Å². The van der Waals surface area contributed by atoms with Gasteiger partial charge < -0.3 is 0 Å². The summed E-state index contributed by atoms with van der Waals surface area (Å²) in [6, 6.07) is 8.66. The van der Waals surface area contributed by atoms with Crippen LogP contribution < -0.4 is 4.98 Å². The van der Waals surface area contributed by atoms with Crippen LogP contribution in [0.25, 0.3) is 10.4 Å². The van der Waals surface area contributed by atoms with E-state index in [1.54, 1.807) is 0 Å². The highest BCUT2D eigenvalue weighted by atomic mass is 32.1. The van der Waals surface area contributed by atoms with Gasteiger partial charge >= 0.3 is 0 Å². The first kappa shape index (κ1) is 10.4. The fourth-order valence-electron chi connectivity index (χ4n) is 1.45. The van der Waals surface area contributed by atoms with Crippen molar-refractivity contribution in [3.8, 4) is 10.4 Å². The Bertz CT molecular complexity index is 437. The summed E-state index contributed by atoms with van der Waals surface area (Å²) >= 11 is 1.88. The van der Waals surface area contributed by atoms with Gasteiger partial charge in [0.2, 0.25) is 0 Å². The quantitative estimate of drug-likeness (QED) is 0.695. The lowest BCUT2D eigenvalue weighted by Gasteiger charge is -2.15. The zero-order chi connectivity index (χ0) is 10.9. The molecular formula is C13H16NS+. The first-order valence-electron chi connectivity index (χ1n) is 5.14. The van der Waals surface area contributed by atoms with Gasteiger partial charge in [0.15, 0.2) is 12.4 Å². The number of hydrogen-bond donors (Lipinski definition) is 0. The van der Waals surface area contributed by atoms with Crippen LogP contribution in [-0.4, -0.2) is 0 Å². The molecule has 0 aliphatic carbocycles. The molecule has 2 rings (SSSR count). The third kappa shape index (κ3) is 2.26. The second-order valence-electron chi connectivity index (χ2n) is 4.70. The van der Waals surface area contributed by atoms with Crippen LogP contribution in [0.5, 0.6) is 0 Å². The topological polar surface area (TPSA) is 14.1 Å². The monoisotopic (exact) mass is 218 g/mol. The predicted octanol–water partition coefficient (Wildman–Crippen LogP) is 3.53. The van der Waals surface area contributed by atoms with Gasteiger partial charge in [-0.2, -0.15) is 0 Å². The highest BCUT2D eigenvalue weighted by molar-refractivity contribution is 7.15. The lowest BCUT2D eigenvalue weighted by molar-refractivity contribution is -0.377. The first-order valence-corrected chi connectivity index (χ1v) is 5.96. The van der Waals surface area contributed by atoms with Crippen molar-refractivity contribution in [1.29, 1.82) is 0 Å². The second-order valence-corrected chi connectivity index (χ2v) is 5.79. The van der Waals surface area contributed by atoms with Crippen molar-refractivity contribution in [2.45, 2.75) is 26.2 Å². The van der Waals surface area contributed by atoms with E-state index in [4.69, 9.17) is 0 Å². The van der Waals surface area contributed by atoms with Gasteiger partial charge in [0.1, 0.15) is 0 Å². The Morgan fingerprint density at radius 3 is 2.20 bits per heavy atom. The molecule has 0 saturated heterocycles. The number of nitrogens with one attached hydrogen (secondary N) is 1. The standard InChI is InChI=1S/C13H15NS/c1-13(2,3)12-5-4-11(15-12)10-6-8-14-9-7-10/h4-9H,1-3H3/p+1. The van der Waals surface area contributed by atoms with Crippen molar-refractivity contribution in [3.63, 3.8) is 0 Å². The summed E-state index contributed by atoms with van der Waals surface area (Å²) in [4.78, 5) is 5.82. The van der Waals surface area contributed by atoms with E-state index in [0.29, 0.717) is 0 Å². The average Bonchev–Trinajstić information content (AvgIpc) is 2.67. The molecule has 2 heterocycles. The molecule has 2 aromatic heterocycles. The Morgan fingerprint density at radius 2 is 1.67 bits per heavy atom. The van der Waals surface area contributed by atoms with Gasteiger partial charge in [0.25, 0.3) is 0 Å². The lowest BCUT2D eigenvalue weighted by atomic mass is 9.95. The maximum Gasteiger partial charge on any atom is 0.167 e. The van der Waals surface area contributed by atoms with Gasteiger partial charge in [-0.3, -0.25) is 0 Å². The molecule has 0 aromatic carbocycles. The van der Waals surface area contributed by atoms with Crippen molar-refractivity contribution >= 4 is 11.3 Å². The van der Waals surface area contributed by atoms with E-state index in [9.17, 15) is 0 Å². The normalized spacial score (nSPS) is 11.7. The van der Waals surface area contributed by atoms with Crippen molar-refractivity contribution in [2.24, 2.45) is 0 Å². The van der Waals surface area contributed by atoms with E-state index >= 15 is 0 Å². The number of aromatic amines is 1. The fraction of sp³-hybridized carbons (Fsp3) is 0.308. The van der Waals surface area contributed by atoms with Gasteiger partial charge in [-0.25, -0.2) is 4.98 Å². The zero-order valence-corrected chi connectivity index (χ0v) is 10.2. The smallest absolute Gasteiger partial charge is 0.167 e. The van der Waals surface area contributed by atoms with E-state index in [-0.39, 0.29) is 5.41 Å². The average molecular weight is 218 g/mol. The van der Waals surface area contributed by atoms with E-state index in [1.807, 2.05) is 23.7 Å². The van der Waals surface area contributed by atoms with E-state index in [1.165, 1.54) is 15.3 Å². The van der Waals surface area contributed by atoms with Crippen molar-refractivity contribution in [3.05, 3.63) is 41.5 Å². The SMILES string of the molecule is CC(C)(C)c1ccc(-c2cc[nH+]cc2)s1. The Hall–Kier alpha value is -1.15. The fourth-order valence-corrected chi connectivity index (χ4v) is 2.52. The van der Waals surface area contributed by atoms with E-state index < -0.39 is 0 Å². The number of pyridine rings is 1. The zero-order valence-electron chi connectivity index (χ0n) is 9.37. The summed E-state index contributed by atoms with van der Waals surface area (Å²) in [7, 11) is 0. The van der Waals surface area contributed by atoms with Crippen LogP contribution >= 0.6 is 11.3 Å². The Balaban J connectivity index is 2.37. The van der Waals surface area contributed by atoms with Gasteiger partial charge in [-0.05, 0) is 17.5 Å². The highest BCUT2D eigenvalue weighted by Crippen LogP contribution is 2.34. The molecule has 78 valence electrons. The molecule has 2 heteroatoms. The number of thiophene rings is 1. The molecule has 0 bridgehead atoms.